The topological polar surface area (TPSA) is 44.4 Å². The minimum absolute atomic E-state index is 0.102. The first kappa shape index (κ1) is 21.8. The van der Waals surface area contributed by atoms with Crippen LogP contribution in [-0.4, -0.2) is 30.4 Å². The van der Waals surface area contributed by atoms with E-state index in [2.05, 4.69) is 29.4 Å². The van der Waals surface area contributed by atoms with Gasteiger partial charge in [0.15, 0.2) is 0 Å². The zero-order valence-corrected chi connectivity index (χ0v) is 16.3. The van der Waals surface area contributed by atoms with Crippen LogP contribution in [0, 0.1) is 0 Å². The number of anilines is 1. The average molecular weight is 393 g/mol. The van der Waals surface area contributed by atoms with Crippen molar-refractivity contribution < 1.29 is 18.0 Å². The maximum atomic E-state index is 12.7. The molecule has 0 aliphatic carbocycles. The van der Waals surface area contributed by atoms with Gasteiger partial charge in [-0.15, -0.1) is 0 Å². The summed E-state index contributed by atoms with van der Waals surface area (Å²) in [6, 6.07) is 13.1. The fraction of sp³-hybridized carbons (Fsp3) is 0.381. The van der Waals surface area contributed by atoms with Crippen LogP contribution in [0.3, 0.4) is 0 Å². The Kier molecular flexibility index (Phi) is 7.45. The molecule has 0 aromatic heterocycles. The van der Waals surface area contributed by atoms with Gasteiger partial charge in [0.2, 0.25) is 5.91 Å². The summed E-state index contributed by atoms with van der Waals surface area (Å²) in [5, 5.41) is 5.55. The Balaban J connectivity index is 1.90. The lowest BCUT2D eigenvalue weighted by Gasteiger charge is -2.22. The molecule has 152 valence electrons. The van der Waals surface area contributed by atoms with Gasteiger partial charge in [-0.25, -0.2) is 0 Å². The van der Waals surface area contributed by atoms with E-state index in [9.17, 15) is 18.0 Å². The van der Waals surface area contributed by atoms with E-state index >= 15 is 0 Å². The van der Waals surface area contributed by atoms with Crippen LogP contribution in [-0.2, 0) is 24.1 Å². The molecule has 0 bridgehead atoms. The third-order valence-electron chi connectivity index (χ3n) is 4.54. The van der Waals surface area contributed by atoms with Gasteiger partial charge < -0.3 is 10.6 Å². The van der Waals surface area contributed by atoms with Gasteiger partial charge in [0.05, 0.1) is 12.1 Å². The van der Waals surface area contributed by atoms with E-state index in [1.807, 2.05) is 31.3 Å². The van der Waals surface area contributed by atoms with Gasteiger partial charge in [-0.05, 0) is 50.2 Å². The van der Waals surface area contributed by atoms with Crippen LogP contribution >= 0.6 is 0 Å². The number of hydrogen-bond acceptors (Lipinski definition) is 3. The van der Waals surface area contributed by atoms with Gasteiger partial charge in [-0.1, -0.05) is 30.3 Å². The molecule has 7 heteroatoms. The van der Waals surface area contributed by atoms with E-state index in [-0.39, 0.29) is 18.1 Å². The second-order valence-corrected chi connectivity index (χ2v) is 6.99. The third kappa shape index (κ3) is 6.56. The van der Waals surface area contributed by atoms with Crippen molar-refractivity contribution in [2.45, 2.75) is 39.2 Å². The molecule has 0 aliphatic heterocycles. The highest BCUT2D eigenvalue weighted by Crippen LogP contribution is 2.30. The summed E-state index contributed by atoms with van der Waals surface area (Å²) in [6.07, 6.45) is -4.41. The quantitative estimate of drug-likeness (QED) is 0.704. The minimum atomic E-state index is -4.41. The van der Waals surface area contributed by atoms with E-state index in [0.29, 0.717) is 12.6 Å². The summed E-state index contributed by atoms with van der Waals surface area (Å²) in [5.74, 6) is -0.288. The highest BCUT2D eigenvalue weighted by atomic mass is 19.4. The first-order valence-electron chi connectivity index (χ1n) is 9.11. The van der Waals surface area contributed by atoms with Gasteiger partial charge in [-0.3, -0.25) is 9.69 Å². The number of nitrogens with zero attached hydrogens (tertiary/aromatic N) is 1. The molecule has 0 saturated heterocycles. The molecular formula is C21H26F3N3O. The molecule has 0 aliphatic rings. The van der Waals surface area contributed by atoms with Crippen molar-refractivity contribution in [3.63, 3.8) is 0 Å². The predicted molar refractivity (Wildman–Crippen MR) is 105 cm³/mol. The van der Waals surface area contributed by atoms with Gasteiger partial charge >= 0.3 is 6.18 Å². The van der Waals surface area contributed by atoms with Crippen molar-refractivity contribution in [2.24, 2.45) is 0 Å². The van der Waals surface area contributed by atoms with Gasteiger partial charge in [0.25, 0.3) is 0 Å². The number of carbonyl (C=O) groups excluding carboxylic acids is 1. The molecule has 0 unspecified atom stereocenters. The number of halogens is 3. The zero-order chi connectivity index (χ0) is 20.7. The fourth-order valence-electron chi connectivity index (χ4n) is 2.58. The SMILES string of the molecule is CC(C)N(C)Cc1ccccc1CNC(=O)CNc1cccc(C(F)(F)F)c1. The molecule has 2 N–H and O–H groups in total. The lowest BCUT2D eigenvalue weighted by atomic mass is 10.1. The number of alkyl halides is 3. The van der Waals surface area contributed by atoms with E-state index in [1.54, 1.807) is 0 Å². The summed E-state index contributed by atoms with van der Waals surface area (Å²) in [7, 11) is 2.04. The number of hydrogen-bond donors (Lipinski definition) is 2. The normalized spacial score (nSPS) is 11.7. The monoisotopic (exact) mass is 393 g/mol. The Morgan fingerprint density at radius 2 is 1.75 bits per heavy atom. The fourth-order valence-corrected chi connectivity index (χ4v) is 2.58. The molecule has 2 aromatic rings. The molecule has 0 atom stereocenters. The molecule has 0 radical (unpaired) electrons. The molecule has 0 spiro atoms. The van der Waals surface area contributed by atoms with Crippen LogP contribution < -0.4 is 10.6 Å². The average Bonchev–Trinajstić information content (AvgIpc) is 2.65. The third-order valence-corrected chi connectivity index (χ3v) is 4.54. The summed E-state index contributed by atoms with van der Waals surface area (Å²) in [4.78, 5) is 14.3. The Labute approximate surface area is 163 Å². The second kappa shape index (κ2) is 9.59. The summed E-state index contributed by atoms with van der Waals surface area (Å²) < 4.78 is 38.2. The maximum Gasteiger partial charge on any atom is 0.416 e. The predicted octanol–water partition coefficient (Wildman–Crippen LogP) is 4.27. The zero-order valence-electron chi connectivity index (χ0n) is 16.3. The Morgan fingerprint density at radius 1 is 1.07 bits per heavy atom. The Morgan fingerprint density at radius 3 is 2.39 bits per heavy atom. The van der Waals surface area contributed by atoms with Crippen LogP contribution in [0.15, 0.2) is 48.5 Å². The number of amides is 1. The van der Waals surface area contributed by atoms with Crippen LogP contribution in [0.1, 0.15) is 30.5 Å². The van der Waals surface area contributed by atoms with Crippen LogP contribution in [0.5, 0.6) is 0 Å². The van der Waals surface area contributed by atoms with E-state index in [1.165, 1.54) is 12.1 Å². The molecule has 2 rings (SSSR count). The first-order valence-corrected chi connectivity index (χ1v) is 9.11. The Bertz CT molecular complexity index is 790. The smallest absolute Gasteiger partial charge is 0.376 e. The van der Waals surface area contributed by atoms with Gasteiger partial charge in [0, 0.05) is 24.8 Å². The summed E-state index contributed by atoms with van der Waals surface area (Å²) in [6.45, 7) is 5.26. The van der Waals surface area contributed by atoms with E-state index in [0.717, 1.165) is 29.8 Å². The molecule has 2 aromatic carbocycles. The molecule has 0 saturated carbocycles. The first-order chi connectivity index (χ1) is 13.2. The second-order valence-electron chi connectivity index (χ2n) is 6.99. The van der Waals surface area contributed by atoms with Gasteiger partial charge in [0.1, 0.15) is 0 Å². The van der Waals surface area contributed by atoms with Gasteiger partial charge in [-0.2, -0.15) is 13.2 Å². The number of nitrogens with one attached hydrogen (secondary N) is 2. The van der Waals surface area contributed by atoms with Crippen molar-refractivity contribution in [1.29, 1.82) is 0 Å². The molecule has 1 amide bonds. The highest BCUT2D eigenvalue weighted by Gasteiger charge is 2.30. The number of carbonyl (C=O) groups is 1. The van der Waals surface area contributed by atoms with Crippen LogP contribution in [0.25, 0.3) is 0 Å². The van der Waals surface area contributed by atoms with E-state index < -0.39 is 11.7 Å². The largest absolute Gasteiger partial charge is 0.416 e. The Hall–Kier alpha value is -2.54. The summed E-state index contributed by atoms with van der Waals surface area (Å²) >= 11 is 0. The van der Waals surface area contributed by atoms with Crippen molar-refractivity contribution in [2.75, 3.05) is 18.9 Å². The van der Waals surface area contributed by atoms with Crippen LogP contribution in [0.4, 0.5) is 18.9 Å². The lowest BCUT2D eigenvalue weighted by molar-refractivity contribution is -0.137. The number of rotatable bonds is 8. The standard InChI is InChI=1S/C21H26F3N3O/c1-15(2)27(3)14-17-8-5-4-7-16(17)12-26-20(28)13-25-19-10-6-9-18(11-19)21(22,23)24/h4-11,15,25H,12-14H2,1-3H3,(H,26,28). The van der Waals surface area contributed by atoms with Crippen LogP contribution in [0.2, 0.25) is 0 Å². The lowest BCUT2D eigenvalue weighted by Crippen LogP contribution is -2.30. The van der Waals surface area contributed by atoms with E-state index in [4.69, 9.17) is 0 Å². The minimum Gasteiger partial charge on any atom is -0.376 e. The van der Waals surface area contributed by atoms with Crippen molar-refractivity contribution in [1.82, 2.24) is 10.2 Å². The molecule has 0 fully saturated rings. The molecular weight excluding hydrogens is 367 g/mol. The van der Waals surface area contributed by atoms with Crippen molar-refractivity contribution >= 4 is 11.6 Å². The summed E-state index contributed by atoms with van der Waals surface area (Å²) in [5.41, 5.74) is 1.65. The molecule has 4 nitrogen and oxygen atoms in total. The molecule has 0 heterocycles. The molecule has 28 heavy (non-hydrogen) atoms. The van der Waals surface area contributed by atoms with Crippen molar-refractivity contribution in [3.05, 3.63) is 65.2 Å². The maximum absolute atomic E-state index is 12.7. The number of benzene rings is 2. The van der Waals surface area contributed by atoms with Crippen molar-refractivity contribution in [3.8, 4) is 0 Å². The highest BCUT2D eigenvalue weighted by molar-refractivity contribution is 5.80.